The van der Waals surface area contributed by atoms with Crippen molar-refractivity contribution in [3.63, 3.8) is 0 Å². The Bertz CT molecular complexity index is 820. The van der Waals surface area contributed by atoms with Crippen LogP contribution in [-0.2, 0) is 4.79 Å². The molecule has 4 nitrogen and oxygen atoms in total. The van der Waals surface area contributed by atoms with Gasteiger partial charge in [0, 0.05) is 17.3 Å². The number of nitrogens with zero attached hydrogens (tertiary/aromatic N) is 2. The SMILES string of the molecule is Cc1sc2nc(SC3CCCCC3=O)n(C(C)C)c(=O)c2c1C. The number of rotatable bonds is 3. The van der Waals surface area contributed by atoms with Crippen LogP contribution in [0.25, 0.3) is 10.2 Å². The molecule has 0 spiro atoms. The average molecular weight is 351 g/mol. The highest BCUT2D eigenvalue weighted by molar-refractivity contribution is 8.00. The number of aromatic nitrogens is 2. The van der Waals surface area contributed by atoms with Crippen LogP contribution >= 0.6 is 23.1 Å². The lowest BCUT2D eigenvalue weighted by Gasteiger charge is -2.22. The molecule has 1 saturated carbocycles. The zero-order valence-corrected chi connectivity index (χ0v) is 15.6. The first kappa shape index (κ1) is 16.7. The Balaban J connectivity index is 2.13. The number of carbonyl (C=O) groups excluding carboxylic acids is 1. The van der Waals surface area contributed by atoms with E-state index in [1.54, 1.807) is 15.9 Å². The maximum absolute atomic E-state index is 13.0. The van der Waals surface area contributed by atoms with Crippen molar-refractivity contribution in [3.05, 3.63) is 20.8 Å². The third-order valence-electron chi connectivity index (χ3n) is 4.47. The molecule has 2 aromatic heterocycles. The zero-order chi connectivity index (χ0) is 16.7. The molecular formula is C17H22N2O2S2. The highest BCUT2D eigenvalue weighted by Gasteiger charge is 2.27. The van der Waals surface area contributed by atoms with Gasteiger partial charge in [0.25, 0.3) is 5.56 Å². The molecule has 0 aliphatic heterocycles. The van der Waals surface area contributed by atoms with Crippen molar-refractivity contribution >= 4 is 39.1 Å². The molecule has 3 rings (SSSR count). The molecule has 1 aliphatic carbocycles. The highest BCUT2D eigenvalue weighted by atomic mass is 32.2. The van der Waals surface area contributed by atoms with Crippen LogP contribution in [0.1, 0.15) is 56.0 Å². The zero-order valence-electron chi connectivity index (χ0n) is 14.0. The smallest absolute Gasteiger partial charge is 0.263 e. The fourth-order valence-corrected chi connectivity index (χ4v) is 5.45. The maximum Gasteiger partial charge on any atom is 0.263 e. The van der Waals surface area contributed by atoms with E-state index in [4.69, 9.17) is 4.98 Å². The normalized spacial score (nSPS) is 19.0. The van der Waals surface area contributed by atoms with E-state index >= 15 is 0 Å². The number of hydrogen-bond donors (Lipinski definition) is 0. The summed E-state index contributed by atoms with van der Waals surface area (Å²) in [5.41, 5.74) is 1.06. The Morgan fingerprint density at radius 3 is 2.65 bits per heavy atom. The van der Waals surface area contributed by atoms with E-state index in [1.807, 2.05) is 27.7 Å². The second-order valence-electron chi connectivity index (χ2n) is 6.45. The van der Waals surface area contributed by atoms with Crippen molar-refractivity contribution in [3.8, 4) is 0 Å². The minimum absolute atomic E-state index is 0.0256. The predicted octanol–water partition coefficient (Wildman–Crippen LogP) is 4.26. The third kappa shape index (κ3) is 2.98. The molecule has 124 valence electrons. The summed E-state index contributed by atoms with van der Waals surface area (Å²) in [6.07, 6.45) is 3.61. The summed E-state index contributed by atoms with van der Waals surface area (Å²) in [5.74, 6) is 0.296. The first-order valence-corrected chi connectivity index (χ1v) is 9.81. The van der Waals surface area contributed by atoms with Crippen molar-refractivity contribution < 1.29 is 4.79 Å². The Labute approximate surface area is 144 Å². The van der Waals surface area contributed by atoms with Crippen LogP contribution < -0.4 is 5.56 Å². The van der Waals surface area contributed by atoms with E-state index in [0.29, 0.717) is 17.4 Å². The van der Waals surface area contributed by atoms with E-state index < -0.39 is 0 Å². The number of fused-ring (bicyclic) bond motifs is 1. The van der Waals surface area contributed by atoms with Crippen molar-refractivity contribution in [1.82, 2.24) is 9.55 Å². The summed E-state index contributed by atoms with van der Waals surface area (Å²) in [7, 11) is 0. The van der Waals surface area contributed by atoms with Crippen LogP contribution in [0.3, 0.4) is 0 Å². The Hall–Kier alpha value is -1.14. The van der Waals surface area contributed by atoms with Crippen LogP contribution in [-0.4, -0.2) is 20.6 Å². The number of ketones is 1. The Kier molecular flexibility index (Phi) is 4.65. The molecule has 2 aromatic rings. The van der Waals surface area contributed by atoms with Crippen LogP contribution in [0.15, 0.2) is 9.95 Å². The second kappa shape index (κ2) is 6.40. The van der Waals surface area contributed by atoms with Gasteiger partial charge in [-0.1, -0.05) is 18.2 Å². The van der Waals surface area contributed by atoms with Gasteiger partial charge in [0.2, 0.25) is 0 Å². The summed E-state index contributed by atoms with van der Waals surface area (Å²) in [5, 5.41) is 1.37. The lowest BCUT2D eigenvalue weighted by atomic mass is 9.99. The minimum atomic E-state index is -0.0553. The van der Waals surface area contributed by atoms with E-state index in [0.717, 1.165) is 39.9 Å². The van der Waals surface area contributed by atoms with E-state index in [1.165, 1.54) is 11.8 Å². The lowest BCUT2D eigenvalue weighted by molar-refractivity contribution is -0.119. The fourth-order valence-electron chi connectivity index (χ4n) is 3.03. The van der Waals surface area contributed by atoms with Crippen molar-refractivity contribution in [1.29, 1.82) is 0 Å². The molecule has 0 bridgehead atoms. The van der Waals surface area contributed by atoms with Crippen LogP contribution in [0.4, 0.5) is 0 Å². The minimum Gasteiger partial charge on any atom is -0.298 e. The molecule has 2 heterocycles. The molecule has 1 unspecified atom stereocenters. The van der Waals surface area contributed by atoms with Gasteiger partial charge in [-0.3, -0.25) is 14.2 Å². The summed E-state index contributed by atoms with van der Waals surface area (Å²) in [6, 6.07) is 0.0280. The molecule has 0 aromatic carbocycles. The van der Waals surface area contributed by atoms with E-state index in [-0.39, 0.29) is 16.9 Å². The van der Waals surface area contributed by atoms with Gasteiger partial charge >= 0.3 is 0 Å². The topological polar surface area (TPSA) is 52.0 Å². The maximum atomic E-state index is 13.0. The van der Waals surface area contributed by atoms with Crippen LogP contribution in [0.2, 0.25) is 0 Å². The summed E-state index contributed by atoms with van der Waals surface area (Å²) in [4.78, 5) is 31.8. The Morgan fingerprint density at radius 2 is 2.00 bits per heavy atom. The van der Waals surface area contributed by atoms with Crippen molar-refractivity contribution in [2.75, 3.05) is 0 Å². The number of thioether (sulfide) groups is 1. The van der Waals surface area contributed by atoms with Gasteiger partial charge in [-0.2, -0.15) is 0 Å². The standard InChI is InChI=1S/C17H22N2O2S2/c1-9(2)19-16(21)14-10(3)11(4)22-15(14)18-17(19)23-13-8-6-5-7-12(13)20/h9,13H,5-8H2,1-4H3. The fraction of sp³-hybridized carbons (Fsp3) is 0.588. The molecule has 0 amide bonds. The number of carbonyl (C=O) groups is 1. The van der Waals surface area contributed by atoms with Crippen LogP contribution in [0, 0.1) is 13.8 Å². The molecule has 0 radical (unpaired) electrons. The highest BCUT2D eigenvalue weighted by Crippen LogP contribution is 2.34. The molecule has 6 heteroatoms. The number of thiophene rings is 1. The molecule has 23 heavy (non-hydrogen) atoms. The number of hydrogen-bond acceptors (Lipinski definition) is 5. The molecule has 1 atom stereocenters. The quantitative estimate of drug-likeness (QED) is 0.776. The first-order valence-electron chi connectivity index (χ1n) is 8.11. The molecule has 1 aliphatic rings. The van der Waals surface area contributed by atoms with Gasteiger partial charge in [-0.25, -0.2) is 4.98 Å². The number of aryl methyl sites for hydroxylation is 2. The third-order valence-corrected chi connectivity index (χ3v) is 6.85. The monoisotopic (exact) mass is 350 g/mol. The van der Waals surface area contributed by atoms with Gasteiger partial charge in [0.15, 0.2) is 5.16 Å². The van der Waals surface area contributed by atoms with Crippen molar-refractivity contribution in [2.24, 2.45) is 0 Å². The lowest BCUT2D eigenvalue weighted by Crippen LogP contribution is -2.28. The molecular weight excluding hydrogens is 328 g/mol. The summed E-state index contributed by atoms with van der Waals surface area (Å²) >= 11 is 3.05. The predicted molar refractivity (Wildman–Crippen MR) is 96.9 cm³/mol. The van der Waals surface area contributed by atoms with Gasteiger partial charge in [-0.15, -0.1) is 11.3 Å². The summed E-state index contributed by atoms with van der Waals surface area (Å²) in [6.45, 7) is 8.00. The van der Waals surface area contributed by atoms with Gasteiger partial charge in [0.05, 0.1) is 10.6 Å². The van der Waals surface area contributed by atoms with Gasteiger partial charge < -0.3 is 0 Å². The molecule has 1 fully saturated rings. The largest absolute Gasteiger partial charge is 0.298 e. The van der Waals surface area contributed by atoms with E-state index in [2.05, 4.69) is 0 Å². The van der Waals surface area contributed by atoms with Gasteiger partial charge in [0.1, 0.15) is 10.6 Å². The van der Waals surface area contributed by atoms with Gasteiger partial charge in [-0.05, 0) is 46.1 Å². The Morgan fingerprint density at radius 1 is 1.26 bits per heavy atom. The second-order valence-corrected chi connectivity index (χ2v) is 8.82. The van der Waals surface area contributed by atoms with Crippen molar-refractivity contribution in [2.45, 2.75) is 69.8 Å². The molecule has 0 saturated heterocycles. The number of Topliss-reactive ketones (excluding diaryl/α,β-unsaturated/α-hetero) is 1. The first-order chi connectivity index (χ1) is 10.9. The average Bonchev–Trinajstić information content (AvgIpc) is 2.76. The molecule has 0 N–H and O–H groups in total. The van der Waals surface area contributed by atoms with E-state index in [9.17, 15) is 9.59 Å². The van der Waals surface area contributed by atoms with Crippen LogP contribution in [0.5, 0.6) is 0 Å². The summed E-state index contributed by atoms with van der Waals surface area (Å²) < 4.78 is 1.76.